The number of carbonyl (C=O) groups excluding carboxylic acids is 1. The summed E-state index contributed by atoms with van der Waals surface area (Å²) in [6.45, 7) is -0.887. The molecule has 1 amide bonds. The molecule has 1 heterocycles. The fourth-order valence-corrected chi connectivity index (χ4v) is 1.24. The van der Waals surface area contributed by atoms with Gasteiger partial charge in [0, 0.05) is 18.9 Å². The van der Waals surface area contributed by atoms with Gasteiger partial charge in [0.1, 0.15) is 6.61 Å². The molecule has 0 atom stereocenters. The number of pyridine rings is 1. The van der Waals surface area contributed by atoms with Gasteiger partial charge in [0.2, 0.25) is 0 Å². The highest BCUT2D eigenvalue weighted by Crippen LogP contribution is 2.18. The highest BCUT2D eigenvalue weighted by molar-refractivity contribution is 5.96. The Labute approximate surface area is 107 Å². The van der Waals surface area contributed by atoms with Gasteiger partial charge in [-0.3, -0.25) is 9.78 Å². The van der Waals surface area contributed by atoms with Crippen molar-refractivity contribution in [2.24, 2.45) is 0 Å². The van der Waals surface area contributed by atoms with E-state index in [1.807, 2.05) is 0 Å². The molecule has 0 aromatic carbocycles. The molecule has 0 radical (unpaired) electrons. The number of aliphatic hydroxyl groups is 1. The molecular weight excluding hydrogens is 261 g/mol. The van der Waals surface area contributed by atoms with E-state index in [0.29, 0.717) is 0 Å². The molecule has 102 valence electrons. The van der Waals surface area contributed by atoms with Crippen molar-refractivity contribution in [3.8, 4) is 11.8 Å². The van der Waals surface area contributed by atoms with Crippen LogP contribution >= 0.6 is 0 Å². The van der Waals surface area contributed by atoms with Gasteiger partial charge < -0.3 is 10.4 Å². The Kier molecular flexibility index (Phi) is 5.33. The minimum Gasteiger partial charge on any atom is -0.384 e. The highest BCUT2D eigenvalue weighted by atomic mass is 19.4. The number of nitrogens with zero attached hydrogens (tertiary/aromatic N) is 1. The molecule has 19 heavy (non-hydrogen) atoms. The minimum absolute atomic E-state index is 0.123. The Bertz CT molecular complexity index is 504. The number of rotatable bonds is 3. The zero-order chi connectivity index (χ0) is 14.3. The van der Waals surface area contributed by atoms with Gasteiger partial charge in [0.05, 0.1) is 17.5 Å². The standard InChI is InChI=1S/C12H11F3N2O2/c13-12(14,15)4-6-17-11(19)10-3-5-16-8-9(10)2-1-7-18/h3,5,8,18H,4,6-7H2,(H,17,19). The maximum Gasteiger partial charge on any atom is 0.390 e. The lowest BCUT2D eigenvalue weighted by Crippen LogP contribution is -2.28. The zero-order valence-corrected chi connectivity index (χ0v) is 9.79. The van der Waals surface area contributed by atoms with Gasteiger partial charge in [0.25, 0.3) is 5.91 Å². The summed E-state index contributed by atoms with van der Waals surface area (Å²) in [5.74, 6) is 4.19. The molecule has 0 aliphatic rings. The molecule has 1 rings (SSSR count). The van der Waals surface area contributed by atoms with Crippen LogP contribution in [0.4, 0.5) is 13.2 Å². The first-order chi connectivity index (χ1) is 8.94. The Morgan fingerprint density at radius 1 is 1.47 bits per heavy atom. The molecule has 0 bridgehead atoms. The third-order valence-corrected chi connectivity index (χ3v) is 2.06. The van der Waals surface area contributed by atoms with Crippen molar-refractivity contribution >= 4 is 5.91 Å². The lowest BCUT2D eigenvalue weighted by molar-refractivity contribution is -0.132. The number of aromatic nitrogens is 1. The van der Waals surface area contributed by atoms with E-state index >= 15 is 0 Å². The van der Waals surface area contributed by atoms with Crippen LogP contribution in [-0.2, 0) is 0 Å². The number of hydrogen-bond donors (Lipinski definition) is 2. The van der Waals surface area contributed by atoms with Gasteiger partial charge in [-0.05, 0) is 6.07 Å². The molecule has 0 saturated carbocycles. The summed E-state index contributed by atoms with van der Waals surface area (Å²) in [5, 5.41) is 10.7. The number of amides is 1. The Morgan fingerprint density at radius 2 is 2.21 bits per heavy atom. The van der Waals surface area contributed by atoms with E-state index < -0.39 is 25.0 Å². The second-order valence-electron chi connectivity index (χ2n) is 3.50. The van der Waals surface area contributed by atoms with Crippen LogP contribution in [0.5, 0.6) is 0 Å². The van der Waals surface area contributed by atoms with Crippen molar-refractivity contribution in [2.45, 2.75) is 12.6 Å². The van der Waals surface area contributed by atoms with E-state index in [9.17, 15) is 18.0 Å². The maximum absolute atomic E-state index is 11.9. The predicted molar refractivity (Wildman–Crippen MR) is 61.2 cm³/mol. The van der Waals surface area contributed by atoms with Crippen LogP contribution in [0.2, 0.25) is 0 Å². The largest absolute Gasteiger partial charge is 0.390 e. The second kappa shape index (κ2) is 6.75. The van der Waals surface area contributed by atoms with Crippen LogP contribution in [0.25, 0.3) is 0 Å². The van der Waals surface area contributed by atoms with Crippen LogP contribution in [-0.4, -0.2) is 35.3 Å². The minimum atomic E-state index is -4.31. The van der Waals surface area contributed by atoms with Gasteiger partial charge >= 0.3 is 6.18 Å². The van der Waals surface area contributed by atoms with Crippen molar-refractivity contribution in [1.29, 1.82) is 0 Å². The SMILES string of the molecule is O=C(NCCC(F)(F)F)c1ccncc1C#CCO. The smallest absolute Gasteiger partial charge is 0.384 e. The summed E-state index contributed by atoms with van der Waals surface area (Å²) in [7, 11) is 0. The van der Waals surface area contributed by atoms with Gasteiger partial charge in [-0.2, -0.15) is 13.2 Å². The third kappa shape index (κ3) is 5.40. The maximum atomic E-state index is 11.9. The number of hydrogen-bond acceptors (Lipinski definition) is 3. The molecule has 1 aromatic rings. The fourth-order valence-electron chi connectivity index (χ4n) is 1.24. The van der Waals surface area contributed by atoms with E-state index in [1.165, 1.54) is 18.5 Å². The fraction of sp³-hybridized carbons (Fsp3) is 0.333. The van der Waals surface area contributed by atoms with Crippen LogP contribution in [0.3, 0.4) is 0 Å². The normalized spacial score (nSPS) is 10.5. The van der Waals surface area contributed by atoms with E-state index in [2.05, 4.69) is 22.1 Å². The van der Waals surface area contributed by atoms with Gasteiger partial charge in [-0.25, -0.2) is 0 Å². The summed E-state index contributed by atoms with van der Waals surface area (Å²) in [6, 6.07) is 1.35. The molecule has 1 aromatic heterocycles. The van der Waals surface area contributed by atoms with E-state index in [-0.39, 0.29) is 17.7 Å². The van der Waals surface area contributed by atoms with Crippen molar-refractivity contribution in [1.82, 2.24) is 10.3 Å². The van der Waals surface area contributed by atoms with Crippen molar-refractivity contribution < 1.29 is 23.1 Å². The third-order valence-electron chi connectivity index (χ3n) is 2.06. The quantitative estimate of drug-likeness (QED) is 0.810. The Hall–Kier alpha value is -2.07. The van der Waals surface area contributed by atoms with Gasteiger partial charge in [-0.15, -0.1) is 0 Å². The number of halogens is 3. The van der Waals surface area contributed by atoms with Crippen molar-refractivity contribution in [3.63, 3.8) is 0 Å². The number of aliphatic hydroxyl groups excluding tert-OH is 1. The number of alkyl halides is 3. The van der Waals surface area contributed by atoms with E-state index in [0.717, 1.165) is 0 Å². The molecule has 0 aliphatic carbocycles. The monoisotopic (exact) mass is 272 g/mol. The van der Waals surface area contributed by atoms with Crippen LogP contribution < -0.4 is 5.32 Å². The summed E-state index contributed by atoms with van der Waals surface area (Å²) < 4.78 is 35.8. The Balaban J connectivity index is 2.72. The molecule has 0 spiro atoms. The van der Waals surface area contributed by atoms with Crippen molar-refractivity contribution in [2.75, 3.05) is 13.2 Å². The topological polar surface area (TPSA) is 62.2 Å². The summed E-state index contributed by atoms with van der Waals surface area (Å²) in [6.07, 6.45) is -2.77. The summed E-state index contributed by atoms with van der Waals surface area (Å²) in [4.78, 5) is 15.4. The Morgan fingerprint density at radius 3 is 2.84 bits per heavy atom. The van der Waals surface area contributed by atoms with Crippen molar-refractivity contribution in [3.05, 3.63) is 29.6 Å². The molecule has 0 unspecified atom stereocenters. The lowest BCUT2D eigenvalue weighted by Gasteiger charge is -2.08. The first kappa shape index (κ1) is 15.0. The zero-order valence-electron chi connectivity index (χ0n) is 9.79. The van der Waals surface area contributed by atoms with E-state index in [1.54, 1.807) is 0 Å². The molecule has 0 fully saturated rings. The molecule has 7 heteroatoms. The van der Waals surface area contributed by atoms with Crippen LogP contribution in [0, 0.1) is 11.8 Å². The highest BCUT2D eigenvalue weighted by Gasteiger charge is 2.26. The molecule has 0 aliphatic heterocycles. The molecule has 4 nitrogen and oxygen atoms in total. The second-order valence-corrected chi connectivity index (χ2v) is 3.50. The van der Waals surface area contributed by atoms with Crippen LogP contribution in [0.1, 0.15) is 22.3 Å². The van der Waals surface area contributed by atoms with E-state index in [4.69, 9.17) is 5.11 Å². The molecular formula is C12H11F3N2O2. The summed E-state index contributed by atoms with van der Waals surface area (Å²) >= 11 is 0. The average molecular weight is 272 g/mol. The number of nitrogens with one attached hydrogen (secondary N) is 1. The lowest BCUT2D eigenvalue weighted by atomic mass is 10.1. The number of carbonyl (C=O) groups is 1. The van der Waals surface area contributed by atoms with Crippen LogP contribution in [0.15, 0.2) is 18.5 Å². The summed E-state index contributed by atoms with van der Waals surface area (Å²) in [5.41, 5.74) is 0.374. The predicted octanol–water partition coefficient (Wildman–Crippen LogP) is 1.11. The molecule has 0 saturated heterocycles. The molecule has 2 N–H and O–H groups in total. The van der Waals surface area contributed by atoms with Gasteiger partial charge in [0.15, 0.2) is 0 Å². The first-order valence-corrected chi connectivity index (χ1v) is 5.33. The average Bonchev–Trinajstić information content (AvgIpc) is 2.35. The van der Waals surface area contributed by atoms with Gasteiger partial charge in [-0.1, -0.05) is 11.8 Å². The first-order valence-electron chi connectivity index (χ1n) is 5.33.